The van der Waals surface area contributed by atoms with Gasteiger partial charge in [-0.1, -0.05) is 54.6 Å². The van der Waals surface area contributed by atoms with Gasteiger partial charge in [-0.2, -0.15) is 0 Å². The molecule has 0 aromatic heterocycles. The van der Waals surface area contributed by atoms with Crippen LogP contribution in [0.4, 0.5) is 5.69 Å². The highest BCUT2D eigenvalue weighted by atomic mass is 16.5. The number of hydrogen-bond donors (Lipinski definition) is 1. The van der Waals surface area contributed by atoms with Gasteiger partial charge in [0.25, 0.3) is 0 Å². The number of fused-ring (bicyclic) bond motifs is 2. The average Bonchev–Trinajstić information content (AvgIpc) is 2.71. The van der Waals surface area contributed by atoms with Crippen LogP contribution in [-0.4, -0.2) is 21.3 Å². The van der Waals surface area contributed by atoms with E-state index in [0.717, 1.165) is 39.1 Å². The molecule has 0 aliphatic carbocycles. The second-order valence-corrected chi connectivity index (χ2v) is 6.17. The molecule has 0 bridgehead atoms. The Hall–Kier alpha value is -3.20. The molecule has 26 heavy (non-hydrogen) atoms. The lowest BCUT2D eigenvalue weighted by Gasteiger charge is -2.20. The summed E-state index contributed by atoms with van der Waals surface area (Å²) in [5, 5.41) is 7.97. The lowest BCUT2D eigenvalue weighted by Crippen LogP contribution is -1.98. The molecule has 0 atom stereocenters. The molecule has 0 spiro atoms. The molecule has 0 amide bonds. The van der Waals surface area contributed by atoms with Crippen molar-refractivity contribution in [3.8, 4) is 22.6 Å². The fraction of sp³-hybridized carbons (Fsp3) is 0.130. The monoisotopic (exact) mass is 343 g/mol. The van der Waals surface area contributed by atoms with Crippen LogP contribution in [0.15, 0.2) is 66.7 Å². The van der Waals surface area contributed by atoms with Gasteiger partial charge in [-0.3, -0.25) is 0 Å². The van der Waals surface area contributed by atoms with Gasteiger partial charge in [0.2, 0.25) is 0 Å². The first-order valence-electron chi connectivity index (χ1n) is 8.62. The number of methoxy groups -OCH3 is 2. The summed E-state index contributed by atoms with van der Waals surface area (Å²) >= 11 is 0. The molecule has 4 rings (SSSR count). The summed E-state index contributed by atoms with van der Waals surface area (Å²) in [5.41, 5.74) is 3.22. The normalized spacial score (nSPS) is 10.9. The molecule has 130 valence electrons. The summed E-state index contributed by atoms with van der Waals surface area (Å²) in [6.07, 6.45) is 0. The first-order valence-corrected chi connectivity index (χ1v) is 8.62. The first kappa shape index (κ1) is 16.3. The second kappa shape index (κ2) is 6.60. The van der Waals surface area contributed by atoms with Crippen LogP contribution in [-0.2, 0) is 0 Å². The highest BCUT2D eigenvalue weighted by Gasteiger charge is 2.20. The van der Waals surface area contributed by atoms with Crippen molar-refractivity contribution in [2.24, 2.45) is 0 Å². The van der Waals surface area contributed by atoms with Crippen LogP contribution < -0.4 is 14.8 Å². The van der Waals surface area contributed by atoms with Gasteiger partial charge in [-0.15, -0.1) is 0 Å². The third-order valence-electron chi connectivity index (χ3n) is 4.84. The Bertz CT molecular complexity index is 1100. The third kappa shape index (κ3) is 2.44. The number of rotatable bonds is 4. The first-order chi connectivity index (χ1) is 12.8. The highest BCUT2D eigenvalue weighted by Crippen LogP contribution is 2.48. The molecule has 4 aromatic carbocycles. The Morgan fingerprint density at radius 1 is 0.692 bits per heavy atom. The lowest BCUT2D eigenvalue weighted by molar-refractivity contribution is 0.357. The van der Waals surface area contributed by atoms with Crippen LogP contribution in [0.3, 0.4) is 0 Å². The Labute approximate surface area is 153 Å². The van der Waals surface area contributed by atoms with Gasteiger partial charge in [0.15, 0.2) is 11.5 Å². The van der Waals surface area contributed by atoms with Crippen LogP contribution in [0, 0.1) is 0 Å². The van der Waals surface area contributed by atoms with Gasteiger partial charge in [0, 0.05) is 23.9 Å². The number of ether oxygens (including phenoxy) is 2. The zero-order valence-electron chi connectivity index (χ0n) is 15.2. The summed E-state index contributed by atoms with van der Waals surface area (Å²) in [6, 6.07) is 23.0. The Morgan fingerprint density at radius 2 is 1.35 bits per heavy atom. The molecule has 3 nitrogen and oxygen atoms in total. The third-order valence-corrected chi connectivity index (χ3v) is 4.84. The van der Waals surface area contributed by atoms with Gasteiger partial charge >= 0.3 is 0 Å². The molecule has 1 N–H and O–H groups in total. The minimum absolute atomic E-state index is 0.733. The summed E-state index contributed by atoms with van der Waals surface area (Å²) in [4.78, 5) is 0. The van der Waals surface area contributed by atoms with Gasteiger partial charge in [-0.25, -0.2) is 0 Å². The van der Waals surface area contributed by atoms with Crippen molar-refractivity contribution >= 4 is 27.2 Å². The molecular weight excluding hydrogens is 322 g/mol. The summed E-state index contributed by atoms with van der Waals surface area (Å²) in [7, 11) is 5.32. The predicted octanol–water partition coefficient (Wildman–Crippen LogP) is 5.72. The number of nitrogens with one attached hydrogen (secondary N) is 1. The van der Waals surface area contributed by atoms with Crippen LogP contribution >= 0.6 is 0 Å². The Balaban J connectivity index is 2.24. The van der Waals surface area contributed by atoms with E-state index in [1.165, 1.54) is 10.8 Å². The van der Waals surface area contributed by atoms with Crippen molar-refractivity contribution in [1.29, 1.82) is 0 Å². The topological polar surface area (TPSA) is 30.5 Å². The molecule has 4 aromatic rings. The quantitative estimate of drug-likeness (QED) is 0.514. The summed E-state index contributed by atoms with van der Waals surface area (Å²) < 4.78 is 11.5. The van der Waals surface area contributed by atoms with E-state index < -0.39 is 0 Å². The van der Waals surface area contributed by atoms with Gasteiger partial charge in [0.1, 0.15) is 0 Å². The molecular formula is C23H21NO2. The minimum atomic E-state index is 0.733. The SMILES string of the molecule is CNc1ccc2ccccc2c1-c1c(OC)c(OC)cc2ccccc12. The van der Waals surface area contributed by atoms with Crippen molar-refractivity contribution in [2.75, 3.05) is 26.6 Å². The van der Waals surface area contributed by atoms with E-state index >= 15 is 0 Å². The molecule has 0 unspecified atom stereocenters. The van der Waals surface area contributed by atoms with Crippen molar-refractivity contribution in [1.82, 2.24) is 0 Å². The molecule has 3 heteroatoms. The number of hydrogen-bond acceptors (Lipinski definition) is 3. The van der Waals surface area contributed by atoms with E-state index in [0.29, 0.717) is 0 Å². The minimum Gasteiger partial charge on any atom is -0.493 e. The van der Waals surface area contributed by atoms with Crippen LogP contribution in [0.5, 0.6) is 11.5 Å². The smallest absolute Gasteiger partial charge is 0.169 e. The summed E-state index contributed by atoms with van der Waals surface area (Å²) in [6.45, 7) is 0. The largest absolute Gasteiger partial charge is 0.493 e. The van der Waals surface area contributed by atoms with Crippen molar-refractivity contribution in [3.05, 3.63) is 66.7 Å². The number of benzene rings is 4. The summed E-state index contributed by atoms with van der Waals surface area (Å²) in [5.74, 6) is 1.48. The Kier molecular flexibility index (Phi) is 4.13. The van der Waals surface area contributed by atoms with Crippen LogP contribution in [0.25, 0.3) is 32.7 Å². The van der Waals surface area contributed by atoms with E-state index in [1.54, 1.807) is 14.2 Å². The zero-order valence-corrected chi connectivity index (χ0v) is 15.2. The highest BCUT2D eigenvalue weighted by molar-refractivity contribution is 6.12. The molecule has 0 aliphatic rings. The van der Waals surface area contributed by atoms with Crippen molar-refractivity contribution in [3.63, 3.8) is 0 Å². The molecule has 0 radical (unpaired) electrons. The van der Waals surface area contributed by atoms with E-state index in [2.05, 4.69) is 59.9 Å². The maximum Gasteiger partial charge on any atom is 0.169 e. The van der Waals surface area contributed by atoms with Crippen molar-refractivity contribution in [2.45, 2.75) is 0 Å². The standard InChI is InChI=1S/C23H21NO2/c1-24-19-13-12-15-8-4-6-10-17(15)21(19)22-18-11-7-5-9-16(18)14-20(25-2)23(22)26-3/h4-14,24H,1-3H3. The Morgan fingerprint density at radius 3 is 2.00 bits per heavy atom. The number of anilines is 1. The molecule has 0 heterocycles. The molecule has 0 saturated heterocycles. The molecule has 0 fully saturated rings. The van der Waals surface area contributed by atoms with E-state index in [-0.39, 0.29) is 0 Å². The molecule has 0 aliphatic heterocycles. The van der Waals surface area contributed by atoms with Gasteiger partial charge in [0.05, 0.1) is 14.2 Å². The van der Waals surface area contributed by atoms with E-state index in [4.69, 9.17) is 9.47 Å². The van der Waals surface area contributed by atoms with E-state index in [1.807, 2.05) is 19.2 Å². The maximum absolute atomic E-state index is 5.83. The maximum atomic E-state index is 5.83. The fourth-order valence-corrected chi connectivity index (χ4v) is 3.65. The van der Waals surface area contributed by atoms with Crippen LogP contribution in [0.1, 0.15) is 0 Å². The fourth-order valence-electron chi connectivity index (χ4n) is 3.65. The van der Waals surface area contributed by atoms with E-state index in [9.17, 15) is 0 Å². The zero-order chi connectivity index (χ0) is 18.1. The lowest BCUT2D eigenvalue weighted by atomic mass is 9.91. The van der Waals surface area contributed by atoms with Crippen molar-refractivity contribution < 1.29 is 9.47 Å². The second-order valence-electron chi connectivity index (χ2n) is 6.17. The predicted molar refractivity (Wildman–Crippen MR) is 110 cm³/mol. The van der Waals surface area contributed by atoms with Gasteiger partial charge < -0.3 is 14.8 Å². The van der Waals surface area contributed by atoms with Gasteiger partial charge in [-0.05, 0) is 33.7 Å². The van der Waals surface area contributed by atoms with Crippen LogP contribution in [0.2, 0.25) is 0 Å². The average molecular weight is 343 g/mol. The molecule has 0 saturated carbocycles.